The number of benzene rings is 2. The Morgan fingerprint density at radius 3 is 2.07 bits per heavy atom. The topological polar surface area (TPSA) is 67.4 Å². The first-order valence-electron chi connectivity index (χ1n) is 9.11. The monoisotopic (exact) mass is 368 g/mol. The standard InChI is InChI=1S/C22H28N2O3/c1-22(2,3)17-13-11-16(12-14-17)21(26)24-19-9-6-5-8-18(19)23-20(25)10-7-15-27-4/h5-6,8-9,11-14H,7,10,15H2,1-4H3,(H,23,25)(H,24,26). The Labute approximate surface area is 161 Å². The number of anilines is 2. The third-order valence-corrected chi connectivity index (χ3v) is 4.21. The van der Waals surface area contributed by atoms with Gasteiger partial charge in [-0.05, 0) is 41.7 Å². The number of hydrogen-bond acceptors (Lipinski definition) is 3. The molecule has 2 rings (SSSR count). The van der Waals surface area contributed by atoms with Crippen molar-refractivity contribution in [1.82, 2.24) is 0 Å². The summed E-state index contributed by atoms with van der Waals surface area (Å²) in [5, 5.41) is 5.73. The van der Waals surface area contributed by atoms with Crippen molar-refractivity contribution in [3.05, 3.63) is 59.7 Å². The SMILES string of the molecule is COCCCC(=O)Nc1ccccc1NC(=O)c1ccc(C(C)(C)C)cc1. The molecule has 0 aliphatic heterocycles. The lowest BCUT2D eigenvalue weighted by Gasteiger charge is -2.19. The summed E-state index contributed by atoms with van der Waals surface area (Å²) in [6.07, 6.45) is 1.02. The molecular formula is C22H28N2O3. The first-order valence-corrected chi connectivity index (χ1v) is 9.11. The second kappa shape index (κ2) is 9.33. The Balaban J connectivity index is 2.06. The molecule has 0 spiro atoms. The van der Waals surface area contributed by atoms with E-state index in [-0.39, 0.29) is 17.2 Å². The third kappa shape index (κ3) is 6.22. The zero-order valence-electron chi connectivity index (χ0n) is 16.5. The summed E-state index contributed by atoms with van der Waals surface area (Å²) >= 11 is 0. The van der Waals surface area contributed by atoms with Crippen molar-refractivity contribution in [3.8, 4) is 0 Å². The number of carbonyl (C=O) groups excluding carboxylic acids is 2. The first-order chi connectivity index (χ1) is 12.8. The van der Waals surface area contributed by atoms with Gasteiger partial charge in [-0.1, -0.05) is 45.0 Å². The molecule has 2 aromatic carbocycles. The van der Waals surface area contributed by atoms with Crippen LogP contribution in [0.25, 0.3) is 0 Å². The molecule has 144 valence electrons. The number of hydrogen-bond donors (Lipinski definition) is 2. The van der Waals surface area contributed by atoms with Gasteiger partial charge < -0.3 is 15.4 Å². The Morgan fingerprint density at radius 1 is 0.926 bits per heavy atom. The van der Waals surface area contributed by atoms with Crippen LogP contribution in [0.15, 0.2) is 48.5 Å². The molecule has 0 aromatic heterocycles. The zero-order chi connectivity index (χ0) is 19.9. The lowest BCUT2D eigenvalue weighted by atomic mass is 9.87. The molecule has 0 aliphatic carbocycles. The number of ether oxygens (including phenoxy) is 1. The van der Waals surface area contributed by atoms with Crippen molar-refractivity contribution in [2.45, 2.75) is 39.0 Å². The highest BCUT2D eigenvalue weighted by atomic mass is 16.5. The molecule has 0 unspecified atom stereocenters. The minimum absolute atomic E-state index is 0.0364. The molecule has 2 amide bonds. The molecule has 2 aromatic rings. The Hall–Kier alpha value is -2.66. The van der Waals surface area contributed by atoms with E-state index in [0.717, 1.165) is 0 Å². The molecule has 0 aliphatic rings. The molecule has 27 heavy (non-hydrogen) atoms. The number of para-hydroxylation sites is 2. The van der Waals surface area contributed by atoms with E-state index in [1.165, 1.54) is 5.56 Å². The van der Waals surface area contributed by atoms with Crippen LogP contribution in [0.2, 0.25) is 0 Å². The number of rotatable bonds is 7. The van der Waals surface area contributed by atoms with E-state index < -0.39 is 0 Å². The van der Waals surface area contributed by atoms with Crippen LogP contribution in [0.5, 0.6) is 0 Å². The van der Waals surface area contributed by atoms with Gasteiger partial charge in [0.25, 0.3) is 5.91 Å². The van der Waals surface area contributed by atoms with Crippen LogP contribution >= 0.6 is 0 Å². The second-order valence-corrected chi connectivity index (χ2v) is 7.47. The fraction of sp³-hybridized carbons (Fsp3) is 0.364. The average Bonchev–Trinajstić information content (AvgIpc) is 2.63. The van der Waals surface area contributed by atoms with Gasteiger partial charge in [0.15, 0.2) is 0 Å². The molecule has 5 nitrogen and oxygen atoms in total. The van der Waals surface area contributed by atoms with Crippen LogP contribution in [0.3, 0.4) is 0 Å². The van der Waals surface area contributed by atoms with E-state index in [4.69, 9.17) is 4.74 Å². The molecule has 0 saturated heterocycles. The first kappa shape index (κ1) is 20.6. The van der Waals surface area contributed by atoms with Crippen LogP contribution in [0.1, 0.15) is 49.5 Å². The maximum Gasteiger partial charge on any atom is 0.255 e. The van der Waals surface area contributed by atoms with Crippen LogP contribution in [-0.4, -0.2) is 25.5 Å². The maximum atomic E-state index is 12.6. The van der Waals surface area contributed by atoms with E-state index >= 15 is 0 Å². The van der Waals surface area contributed by atoms with Crippen molar-refractivity contribution in [2.75, 3.05) is 24.4 Å². The van der Waals surface area contributed by atoms with Crippen LogP contribution in [0.4, 0.5) is 11.4 Å². The summed E-state index contributed by atoms with van der Waals surface area (Å²) in [6, 6.07) is 14.8. The molecule has 0 radical (unpaired) electrons. The molecule has 0 atom stereocenters. The summed E-state index contributed by atoms with van der Waals surface area (Å²) < 4.78 is 4.96. The number of carbonyl (C=O) groups is 2. The highest BCUT2D eigenvalue weighted by molar-refractivity contribution is 6.07. The van der Waals surface area contributed by atoms with E-state index in [9.17, 15) is 9.59 Å². The fourth-order valence-electron chi connectivity index (χ4n) is 2.61. The zero-order valence-corrected chi connectivity index (χ0v) is 16.5. The molecule has 5 heteroatoms. The van der Waals surface area contributed by atoms with E-state index in [0.29, 0.717) is 36.4 Å². The Morgan fingerprint density at radius 2 is 1.52 bits per heavy atom. The van der Waals surface area contributed by atoms with E-state index in [2.05, 4.69) is 31.4 Å². The number of methoxy groups -OCH3 is 1. The molecule has 2 N–H and O–H groups in total. The highest BCUT2D eigenvalue weighted by Gasteiger charge is 2.15. The van der Waals surface area contributed by atoms with Gasteiger partial charge >= 0.3 is 0 Å². The van der Waals surface area contributed by atoms with Crippen LogP contribution in [-0.2, 0) is 14.9 Å². The van der Waals surface area contributed by atoms with Crippen molar-refractivity contribution in [3.63, 3.8) is 0 Å². The smallest absolute Gasteiger partial charge is 0.255 e. The largest absolute Gasteiger partial charge is 0.385 e. The summed E-state index contributed by atoms with van der Waals surface area (Å²) in [5.74, 6) is -0.320. The second-order valence-electron chi connectivity index (χ2n) is 7.47. The van der Waals surface area contributed by atoms with Gasteiger partial charge in [0.1, 0.15) is 0 Å². The fourth-order valence-corrected chi connectivity index (χ4v) is 2.61. The lowest BCUT2D eigenvalue weighted by molar-refractivity contribution is -0.116. The van der Waals surface area contributed by atoms with Gasteiger partial charge in [-0.25, -0.2) is 0 Å². The quantitative estimate of drug-likeness (QED) is 0.702. The summed E-state index contributed by atoms with van der Waals surface area (Å²) in [4.78, 5) is 24.6. The van der Waals surface area contributed by atoms with Gasteiger partial charge in [-0.15, -0.1) is 0 Å². The number of nitrogens with one attached hydrogen (secondary N) is 2. The Kier molecular flexibility index (Phi) is 7.13. The Bertz CT molecular complexity index is 777. The summed E-state index contributed by atoms with van der Waals surface area (Å²) in [7, 11) is 1.61. The van der Waals surface area contributed by atoms with Gasteiger partial charge in [0, 0.05) is 25.7 Å². The van der Waals surface area contributed by atoms with Gasteiger partial charge in [0.2, 0.25) is 5.91 Å². The summed E-state index contributed by atoms with van der Waals surface area (Å²) in [6.45, 7) is 6.94. The predicted octanol–water partition coefficient (Wildman–Crippen LogP) is 4.60. The predicted molar refractivity (Wildman–Crippen MR) is 109 cm³/mol. The third-order valence-electron chi connectivity index (χ3n) is 4.21. The van der Waals surface area contributed by atoms with Crippen LogP contribution in [0, 0.1) is 0 Å². The van der Waals surface area contributed by atoms with Crippen molar-refractivity contribution >= 4 is 23.2 Å². The van der Waals surface area contributed by atoms with Crippen molar-refractivity contribution < 1.29 is 14.3 Å². The van der Waals surface area contributed by atoms with Gasteiger partial charge in [-0.2, -0.15) is 0 Å². The van der Waals surface area contributed by atoms with Crippen LogP contribution < -0.4 is 10.6 Å². The van der Waals surface area contributed by atoms with Gasteiger partial charge in [-0.3, -0.25) is 9.59 Å². The summed E-state index contributed by atoms with van der Waals surface area (Å²) in [5.41, 5.74) is 2.93. The molecule has 0 heterocycles. The average molecular weight is 368 g/mol. The molecule has 0 fully saturated rings. The molecular weight excluding hydrogens is 340 g/mol. The van der Waals surface area contributed by atoms with Crippen molar-refractivity contribution in [1.29, 1.82) is 0 Å². The normalized spacial score (nSPS) is 11.1. The minimum atomic E-state index is -0.212. The van der Waals surface area contributed by atoms with E-state index in [1.807, 2.05) is 36.4 Å². The molecule has 0 bridgehead atoms. The maximum absolute atomic E-state index is 12.6. The molecule has 0 saturated carbocycles. The van der Waals surface area contributed by atoms with Gasteiger partial charge in [0.05, 0.1) is 11.4 Å². The highest BCUT2D eigenvalue weighted by Crippen LogP contribution is 2.24. The lowest BCUT2D eigenvalue weighted by Crippen LogP contribution is -2.17. The van der Waals surface area contributed by atoms with Crippen molar-refractivity contribution in [2.24, 2.45) is 0 Å². The number of amides is 2. The minimum Gasteiger partial charge on any atom is -0.385 e. The van der Waals surface area contributed by atoms with E-state index in [1.54, 1.807) is 19.2 Å².